The van der Waals surface area contributed by atoms with E-state index in [0.717, 1.165) is 81.2 Å². The number of carbonyl (C=O) groups is 2. The summed E-state index contributed by atoms with van der Waals surface area (Å²) in [4.78, 5) is 38.2. The predicted octanol–water partition coefficient (Wildman–Crippen LogP) is 8.56. The smallest absolute Gasteiger partial charge is 0.306 e. The molecule has 3 aromatic rings. The molecule has 2 heterocycles. The van der Waals surface area contributed by atoms with E-state index in [-0.39, 0.29) is 40.5 Å². The zero-order valence-electron chi connectivity index (χ0n) is 28.8. The average Bonchev–Trinajstić information content (AvgIpc) is 3.60. The summed E-state index contributed by atoms with van der Waals surface area (Å²) in [6.07, 6.45) is 13.9. The Labute approximate surface area is 279 Å². The molecular weight excluding hydrogens is 590 g/mol. The highest BCUT2D eigenvalue weighted by Crippen LogP contribution is 2.58. The fourth-order valence-corrected chi connectivity index (χ4v) is 8.45. The zero-order chi connectivity index (χ0) is 33.2. The number of amides is 1. The van der Waals surface area contributed by atoms with Crippen molar-refractivity contribution in [1.29, 1.82) is 0 Å². The first kappa shape index (κ1) is 33.2. The number of anilines is 1. The summed E-state index contributed by atoms with van der Waals surface area (Å²) in [7, 11) is 1.73. The lowest BCUT2D eigenvalue weighted by Gasteiger charge is -2.55. The molecule has 47 heavy (non-hydrogen) atoms. The molecule has 2 bridgehead atoms. The van der Waals surface area contributed by atoms with Gasteiger partial charge in [-0.25, -0.2) is 9.97 Å². The normalized spacial score (nSPS) is 25.5. The molecule has 4 aliphatic carbocycles. The van der Waals surface area contributed by atoms with Crippen LogP contribution in [0.25, 0.3) is 11.3 Å². The molecule has 0 radical (unpaired) electrons. The number of ether oxygens (including phenoxy) is 2. The predicted molar refractivity (Wildman–Crippen MR) is 182 cm³/mol. The summed E-state index contributed by atoms with van der Waals surface area (Å²) >= 11 is 0. The molecule has 0 spiro atoms. The highest BCUT2D eigenvalue weighted by atomic mass is 16.5. The first-order valence-corrected chi connectivity index (χ1v) is 17.7. The van der Waals surface area contributed by atoms with Gasteiger partial charge in [0.05, 0.1) is 13.7 Å². The van der Waals surface area contributed by atoms with Gasteiger partial charge < -0.3 is 13.9 Å². The van der Waals surface area contributed by atoms with Gasteiger partial charge in [0.2, 0.25) is 5.91 Å². The van der Waals surface area contributed by atoms with E-state index in [4.69, 9.17) is 23.9 Å². The van der Waals surface area contributed by atoms with Crippen LogP contribution in [0, 0.1) is 24.2 Å². The third-order valence-corrected chi connectivity index (χ3v) is 11.5. The van der Waals surface area contributed by atoms with Crippen LogP contribution in [0.5, 0.6) is 5.75 Å². The van der Waals surface area contributed by atoms with E-state index in [0.29, 0.717) is 31.3 Å². The van der Waals surface area contributed by atoms with Crippen LogP contribution in [0.1, 0.15) is 114 Å². The number of methoxy groups -OCH3 is 1. The maximum Gasteiger partial charge on any atom is 0.306 e. The van der Waals surface area contributed by atoms with Gasteiger partial charge in [0.25, 0.3) is 0 Å². The molecule has 4 aliphatic rings. The molecule has 0 atom stereocenters. The molecule has 0 saturated heterocycles. The molecule has 2 aromatic heterocycles. The van der Waals surface area contributed by atoms with Crippen LogP contribution in [0.4, 0.5) is 5.82 Å². The Morgan fingerprint density at radius 3 is 2.36 bits per heavy atom. The van der Waals surface area contributed by atoms with Crippen LogP contribution in [0.2, 0.25) is 0 Å². The number of aryl methyl sites for hydroxylation is 1. The highest BCUT2D eigenvalue weighted by Gasteiger charge is 2.51. The number of aromatic nitrogens is 2. The topological polar surface area (TPSA) is 94.8 Å². The Kier molecular flexibility index (Phi) is 9.77. The minimum Gasteiger partial charge on any atom is -0.496 e. The van der Waals surface area contributed by atoms with Gasteiger partial charge in [-0.3, -0.25) is 14.5 Å². The van der Waals surface area contributed by atoms with Gasteiger partial charge in [-0.1, -0.05) is 26.0 Å². The minimum atomic E-state index is -0.132. The molecule has 8 heteroatoms. The van der Waals surface area contributed by atoms with E-state index in [1.54, 1.807) is 19.6 Å². The van der Waals surface area contributed by atoms with Crippen molar-refractivity contribution < 1.29 is 23.5 Å². The van der Waals surface area contributed by atoms with Crippen LogP contribution in [0.3, 0.4) is 0 Å². The number of rotatable bonds is 11. The van der Waals surface area contributed by atoms with Crippen molar-refractivity contribution in [2.45, 2.75) is 110 Å². The van der Waals surface area contributed by atoms with Crippen molar-refractivity contribution in [3.05, 3.63) is 59.8 Å². The average molecular weight is 642 g/mol. The first-order valence-electron chi connectivity index (χ1n) is 17.7. The van der Waals surface area contributed by atoms with Crippen LogP contribution in [-0.4, -0.2) is 42.1 Å². The molecular formula is C39H51N3O5. The summed E-state index contributed by atoms with van der Waals surface area (Å²) in [5.74, 6) is 2.75. The highest BCUT2D eigenvalue weighted by molar-refractivity contribution is 5.95. The monoisotopic (exact) mass is 641 g/mol. The maximum atomic E-state index is 14.5. The molecule has 252 valence electrons. The van der Waals surface area contributed by atoms with Crippen molar-refractivity contribution in [1.82, 2.24) is 9.97 Å². The number of benzene rings is 1. The number of hydrogen-bond donors (Lipinski definition) is 0. The molecule has 0 N–H and O–H groups in total. The Bertz CT molecular complexity index is 1550. The molecule has 0 aliphatic heterocycles. The van der Waals surface area contributed by atoms with Crippen molar-refractivity contribution in [3.8, 4) is 17.0 Å². The number of carbonyl (C=O) groups excluding carboxylic acids is 2. The van der Waals surface area contributed by atoms with E-state index >= 15 is 0 Å². The quantitative estimate of drug-likeness (QED) is 0.194. The number of pyridine rings is 1. The SMILES string of the molecule is CCOC(=O)CC1CCC(C(=O)N(CC23CCC(c4ccc(OC)c(C)c4)(CC2)CC3)c2cc(-c3coc(C(C)C)n3)ccn2)CC1. The second-order valence-corrected chi connectivity index (χ2v) is 14.7. The van der Waals surface area contributed by atoms with E-state index in [1.807, 2.05) is 24.0 Å². The van der Waals surface area contributed by atoms with Crippen LogP contribution in [-0.2, 0) is 19.7 Å². The van der Waals surface area contributed by atoms with Gasteiger partial charge in [-0.05, 0) is 124 Å². The molecule has 4 saturated carbocycles. The number of oxazole rings is 1. The van der Waals surface area contributed by atoms with Gasteiger partial charge in [0.1, 0.15) is 23.5 Å². The van der Waals surface area contributed by atoms with Gasteiger partial charge in [-0.2, -0.15) is 0 Å². The lowest BCUT2D eigenvalue weighted by molar-refractivity contribution is -0.144. The standard InChI is InChI=1S/C39H51N3O5/c1-6-46-35(43)22-28-7-9-29(10-8-28)37(44)42(34-23-30(13-20-40-34)32-24-47-36(41-32)26(2)3)25-38-14-17-39(18-15-38,19-16-38)31-11-12-33(45-5)27(4)21-31/h11-13,20-21,23-24,26,28-29H,6-10,14-19,22,25H2,1-5H3. The minimum absolute atomic E-state index is 0.0659. The number of hydrogen-bond acceptors (Lipinski definition) is 7. The van der Waals surface area contributed by atoms with Crippen molar-refractivity contribution in [2.75, 3.05) is 25.2 Å². The van der Waals surface area contributed by atoms with Gasteiger partial charge in [-0.15, -0.1) is 0 Å². The van der Waals surface area contributed by atoms with E-state index in [9.17, 15) is 9.59 Å². The number of fused-ring (bicyclic) bond motifs is 3. The van der Waals surface area contributed by atoms with Crippen LogP contribution < -0.4 is 9.64 Å². The van der Waals surface area contributed by atoms with Crippen LogP contribution >= 0.6 is 0 Å². The van der Waals surface area contributed by atoms with Crippen molar-refractivity contribution >= 4 is 17.7 Å². The molecule has 7 rings (SSSR count). The number of nitrogens with zero attached hydrogens (tertiary/aromatic N) is 3. The Morgan fingerprint density at radius 1 is 1.02 bits per heavy atom. The van der Waals surface area contributed by atoms with E-state index in [2.05, 4.69) is 39.0 Å². The third kappa shape index (κ3) is 6.97. The summed E-state index contributed by atoms with van der Waals surface area (Å²) in [6.45, 7) is 9.19. The molecule has 1 amide bonds. The first-order chi connectivity index (χ1) is 22.6. The van der Waals surface area contributed by atoms with E-state index < -0.39 is 0 Å². The molecule has 1 aromatic carbocycles. The third-order valence-electron chi connectivity index (χ3n) is 11.5. The largest absolute Gasteiger partial charge is 0.496 e. The summed E-state index contributed by atoms with van der Waals surface area (Å²) in [5, 5.41) is 0. The second kappa shape index (κ2) is 13.8. The van der Waals surface area contributed by atoms with E-state index in [1.165, 1.54) is 11.1 Å². The summed E-state index contributed by atoms with van der Waals surface area (Å²) < 4.78 is 16.5. The Morgan fingerprint density at radius 2 is 1.74 bits per heavy atom. The maximum absolute atomic E-state index is 14.5. The van der Waals surface area contributed by atoms with Gasteiger partial charge in [0, 0.05) is 36.6 Å². The number of esters is 1. The van der Waals surface area contributed by atoms with Crippen molar-refractivity contribution in [3.63, 3.8) is 0 Å². The molecule has 0 unspecified atom stereocenters. The summed E-state index contributed by atoms with van der Waals surface area (Å²) in [5.41, 5.74) is 4.55. The molecule has 4 fully saturated rings. The van der Waals surface area contributed by atoms with Crippen molar-refractivity contribution in [2.24, 2.45) is 17.3 Å². The second-order valence-electron chi connectivity index (χ2n) is 14.7. The van der Waals surface area contributed by atoms with Crippen LogP contribution in [0.15, 0.2) is 47.2 Å². The Balaban J connectivity index is 1.23. The Hall–Kier alpha value is -3.68. The fourth-order valence-electron chi connectivity index (χ4n) is 8.45. The fraction of sp³-hybridized carbons (Fsp3) is 0.590. The lowest BCUT2D eigenvalue weighted by atomic mass is 9.51. The van der Waals surface area contributed by atoms with Gasteiger partial charge >= 0.3 is 5.97 Å². The molecule has 8 nitrogen and oxygen atoms in total. The summed E-state index contributed by atoms with van der Waals surface area (Å²) in [6, 6.07) is 10.7. The van der Waals surface area contributed by atoms with Gasteiger partial charge in [0.15, 0.2) is 5.89 Å². The zero-order valence-corrected chi connectivity index (χ0v) is 28.8. The lowest BCUT2D eigenvalue weighted by Crippen LogP contribution is -2.52.